The number of likely N-dealkylation sites (tertiary alicyclic amines) is 1. The average Bonchev–Trinajstić information content (AvgIpc) is 2.86. The van der Waals surface area contributed by atoms with E-state index in [1.54, 1.807) is 35.9 Å². The van der Waals surface area contributed by atoms with E-state index in [1.165, 1.54) is 10.1 Å². The molecule has 0 radical (unpaired) electrons. The number of urea groups is 1. The molecule has 1 aromatic heterocycles. The Morgan fingerprint density at radius 2 is 1.63 bits per heavy atom. The van der Waals surface area contributed by atoms with E-state index in [2.05, 4.69) is 15.2 Å². The van der Waals surface area contributed by atoms with Crippen molar-refractivity contribution in [3.8, 4) is 5.69 Å². The molecule has 0 saturated carbocycles. The third-order valence-corrected chi connectivity index (χ3v) is 7.35. The van der Waals surface area contributed by atoms with Gasteiger partial charge in [-0.2, -0.15) is 4.98 Å². The number of nitrogens with two attached hydrogens (primary N) is 2. The summed E-state index contributed by atoms with van der Waals surface area (Å²) in [7, 11) is 0. The molecule has 11 heteroatoms. The summed E-state index contributed by atoms with van der Waals surface area (Å²) in [5.74, 6) is 0.0316. The number of nitrogens with zero attached hydrogens (tertiary/aromatic N) is 5. The minimum absolute atomic E-state index is 0.147. The second-order valence-corrected chi connectivity index (χ2v) is 11.2. The summed E-state index contributed by atoms with van der Waals surface area (Å²) in [6, 6.07) is 8.97. The third-order valence-electron chi connectivity index (χ3n) is 7.35. The molecule has 2 aliphatic heterocycles. The number of rotatable bonds is 5. The topological polar surface area (TPSA) is 143 Å². The van der Waals surface area contributed by atoms with Gasteiger partial charge in [-0.05, 0) is 77.4 Å². The van der Waals surface area contributed by atoms with Crippen molar-refractivity contribution in [3.05, 3.63) is 52.6 Å². The van der Waals surface area contributed by atoms with Crippen LogP contribution in [0.25, 0.3) is 5.69 Å². The minimum atomic E-state index is -0.978. The van der Waals surface area contributed by atoms with Gasteiger partial charge in [-0.15, -0.1) is 0 Å². The van der Waals surface area contributed by atoms with E-state index in [9.17, 15) is 14.4 Å². The Hall–Kier alpha value is -3.28. The molecule has 11 nitrogen and oxygen atoms in total. The summed E-state index contributed by atoms with van der Waals surface area (Å²) in [5, 5.41) is 2.73. The second kappa shape index (κ2) is 11.2. The Bertz CT molecular complexity index is 1200. The number of amides is 3. The van der Waals surface area contributed by atoms with Gasteiger partial charge >= 0.3 is 11.7 Å². The molecule has 206 valence electrons. The highest BCUT2D eigenvalue weighted by molar-refractivity contribution is 5.89. The fourth-order valence-corrected chi connectivity index (χ4v) is 5.04. The number of hydrogen-bond donors (Lipinski definition) is 3. The van der Waals surface area contributed by atoms with Gasteiger partial charge in [0, 0.05) is 44.0 Å². The van der Waals surface area contributed by atoms with Crippen LogP contribution in [0, 0.1) is 0 Å². The van der Waals surface area contributed by atoms with Crippen molar-refractivity contribution < 1.29 is 9.59 Å². The van der Waals surface area contributed by atoms with Crippen molar-refractivity contribution in [2.45, 2.75) is 70.7 Å². The highest BCUT2D eigenvalue weighted by Crippen LogP contribution is 2.20. The van der Waals surface area contributed by atoms with Crippen LogP contribution in [0.15, 0.2) is 41.3 Å². The van der Waals surface area contributed by atoms with Crippen LogP contribution in [0.2, 0.25) is 0 Å². The van der Waals surface area contributed by atoms with Gasteiger partial charge in [-0.1, -0.05) is 12.1 Å². The van der Waals surface area contributed by atoms with Crippen molar-refractivity contribution in [3.63, 3.8) is 0 Å². The van der Waals surface area contributed by atoms with E-state index >= 15 is 0 Å². The van der Waals surface area contributed by atoms with Gasteiger partial charge in [0.2, 0.25) is 5.91 Å². The summed E-state index contributed by atoms with van der Waals surface area (Å²) in [5.41, 5.74) is 12.4. The van der Waals surface area contributed by atoms with Crippen LogP contribution in [0.4, 0.5) is 10.6 Å². The Balaban J connectivity index is 1.37. The first-order valence-corrected chi connectivity index (χ1v) is 13.3. The van der Waals surface area contributed by atoms with Crippen molar-refractivity contribution >= 4 is 17.8 Å². The van der Waals surface area contributed by atoms with Crippen LogP contribution < -0.4 is 22.5 Å². The normalized spacial score (nSPS) is 21.4. The van der Waals surface area contributed by atoms with Crippen molar-refractivity contribution in [2.24, 2.45) is 11.5 Å². The van der Waals surface area contributed by atoms with Crippen LogP contribution >= 0.6 is 0 Å². The highest BCUT2D eigenvalue weighted by Gasteiger charge is 2.38. The molecule has 2 fully saturated rings. The van der Waals surface area contributed by atoms with Crippen LogP contribution in [-0.2, 0) is 11.3 Å². The number of nitrogens with one attached hydrogen (secondary N) is 1. The number of benzene rings is 1. The van der Waals surface area contributed by atoms with Crippen molar-refractivity contribution in [1.29, 1.82) is 0 Å². The van der Waals surface area contributed by atoms with E-state index < -0.39 is 11.2 Å². The fourth-order valence-electron chi connectivity index (χ4n) is 5.04. The maximum absolute atomic E-state index is 13.0. The number of piperazine rings is 1. The smallest absolute Gasteiger partial charge is 0.335 e. The molecular formula is C27H40N8O3. The van der Waals surface area contributed by atoms with Gasteiger partial charge in [0.15, 0.2) is 0 Å². The van der Waals surface area contributed by atoms with Gasteiger partial charge in [0.05, 0.1) is 11.2 Å². The predicted molar refractivity (Wildman–Crippen MR) is 147 cm³/mol. The van der Waals surface area contributed by atoms with Crippen LogP contribution in [-0.4, -0.2) is 86.0 Å². The Kier molecular flexibility index (Phi) is 8.19. The SMILES string of the molecule is CC1CN(C(=O)Nc2ccn(-c3ccc(CN4CCC(N)CC4)cc3)c(=O)n2)[C@H](C)CN1C(=O)C(C)(C)N. The molecule has 1 unspecified atom stereocenters. The minimum Gasteiger partial charge on any atom is -0.335 e. The van der Waals surface area contributed by atoms with Gasteiger partial charge in [-0.25, -0.2) is 9.59 Å². The molecule has 3 amide bonds. The van der Waals surface area contributed by atoms with E-state index in [0.29, 0.717) is 24.8 Å². The zero-order valence-electron chi connectivity index (χ0n) is 22.8. The molecule has 4 rings (SSSR count). The molecule has 3 heterocycles. The molecule has 0 bridgehead atoms. The quantitative estimate of drug-likeness (QED) is 0.536. The average molecular weight is 525 g/mol. The monoisotopic (exact) mass is 524 g/mol. The molecule has 0 aliphatic carbocycles. The number of piperidine rings is 1. The lowest BCUT2D eigenvalue weighted by Crippen LogP contribution is -2.64. The van der Waals surface area contributed by atoms with E-state index in [0.717, 1.165) is 32.5 Å². The molecule has 0 spiro atoms. The number of carbonyl (C=O) groups excluding carboxylic acids is 2. The zero-order valence-corrected chi connectivity index (χ0v) is 22.8. The van der Waals surface area contributed by atoms with E-state index in [1.807, 2.05) is 38.1 Å². The highest BCUT2D eigenvalue weighted by atomic mass is 16.2. The number of aromatic nitrogens is 2. The second-order valence-electron chi connectivity index (χ2n) is 11.2. The maximum Gasteiger partial charge on any atom is 0.354 e. The van der Waals surface area contributed by atoms with Crippen molar-refractivity contribution in [2.75, 3.05) is 31.5 Å². The fraction of sp³-hybridized carbons (Fsp3) is 0.556. The largest absolute Gasteiger partial charge is 0.354 e. The molecule has 2 atom stereocenters. The van der Waals surface area contributed by atoms with Crippen LogP contribution in [0.3, 0.4) is 0 Å². The van der Waals surface area contributed by atoms with Gasteiger partial charge in [-0.3, -0.25) is 19.6 Å². The van der Waals surface area contributed by atoms with Crippen LogP contribution in [0.5, 0.6) is 0 Å². The predicted octanol–water partition coefficient (Wildman–Crippen LogP) is 1.35. The number of carbonyl (C=O) groups is 2. The van der Waals surface area contributed by atoms with Crippen molar-refractivity contribution in [1.82, 2.24) is 24.3 Å². The molecule has 5 N–H and O–H groups in total. The van der Waals surface area contributed by atoms with Crippen LogP contribution in [0.1, 0.15) is 46.1 Å². The molecule has 2 aliphatic rings. The molecular weight excluding hydrogens is 484 g/mol. The first-order valence-electron chi connectivity index (χ1n) is 13.3. The third kappa shape index (κ3) is 6.40. The standard InChI is InChI=1S/C27H40N8O3/c1-18-16-35(19(2)15-34(18)24(36)27(3,4)29)26(38)31-23-11-14-33(25(37)30-23)22-7-5-20(6-8-22)17-32-12-9-21(28)10-13-32/h5-8,11,14,18-19,21H,9-10,12-13,15-17,28-29H2,1-4H3,(H,30,31,37,38)/t18?,19-/m1/s1. The molecule has 38 heavy (non-hydrogen) atoms. The molecule has 2 saturated heterocycles. The Labute approximate surface area is 223 Å². The van der Waals surface area contributed by atoms with Gasteiger partial charge < -0.3 is 21.3 Å². The van der Waals surface area contributed by atoms with E-state index in [-0.39, 0.29) is 29.8 Å². The maximum atomic E-state index is 13.0. The lowest BCUT2D eigenvalue weighted by atomic mass is 10.0. The molecule has 2 aromatic rings. The number of hydrogen-bond acceptors (Lipinski definition) is 7. The van der Waals surface area contributed by atoms with E-state index in [4.69, 9.17) is 11.5 Å². The first-order chi connectivity index (χ1) is 17.9. The summed E-state index contributed by atoms with van der Waals surface area (Å²) < 4.78 is 1.45. The Morgan fingerprint density at radius 3 is 2.24 bits per heavy atom. The van der Waals surface area contributed by atoms with Gasteiger partial charge in [0.25, 0.3) is 0 Å². The summed E-state index contributed by atoms with van der Waals surface area (Å²) in [4.78, 5) is 48.3. The summed E-state index contributed by atoms with van der Waals surface area (Å²) in [6.45, 7) is 10.7. The summed E-state index contributed by atoms with van der Waals surface area (Å²) >= 11 is 0. The zero-order chi connectivity index (χ0) is 27.6. The Morgan fingerprint density at radius 1 is 1.03 bits per heavy atom. The summed E-state index contributed by atoms with van der Waals surface area (Å²) in [6.07, 6.45) is 3.64. The lowest BCUT2D eigenvalue weighted by molar-refractivity contribution is -0.141. The first kappa shape index (κ1) is 27.7. The lowest BCUT2D eigenvalue weighted by Gasteiger charge is -2.45. The van der Waals surface area contributed by atoms with Gasteiger partial charge in [0.1, 0.15) is 5.82 Å². The number of anilines is 1. The molecule has 1 aromatic carbocycles.